The topological polar surface area (TPSA) is 79.5 Å². The summed E-state index contributed by atoms with van der Waals surface area (Å²) in [4.78, 5) is 21.6. The molecule has 0 amide bonds. The van der Waals surface area contributed by atoms with Gasteiger partial charge in [0.25, 0.3) is 0 Å². The summed E-state index contributed by atoms with van der Waals surface area (Å²) in [7, 11) is 0. The van der Waals surface area contributed by atoms with Gasteiger partial charge in [0.2, 0.25) is 0 Å². The quantitative estimate of drug-likeness (QED) is 0.499. The first kappa shape index (κ1) is 10.6. The van der Waals surface area contributed by atoms with Crippen molar-refractivity contribution in [2.45, 2.75) is 13.0 Å². The van der Waals surface area contributed by atoms with E-state index in [1.807, 2.05) is 0 Å². The molecule has 0 saturated carbocycles. The molecule has 0 fully saturated rings. The molecular formula is C8H9NO4S. The molecule has 0 unspecified atom stereocenters. The van der Waals surface area contributed by atoms with E-state index in [-0.39, 0.29) is 24.7 Å². The highest BCUT2D eigenvalue weighted by molar-refractivity contribution is 7.96. The van der Waals surface area contributed by atoms with Gasteiger partial charge in [-0.3, -0.25) is 14.2 Å². The van der Waals surface area contributed by atoms with Crippen molar-refractivity contribution in [3.8, 4) is 11.8 Å². The van der Waals surface area contributed by atoms with E-state index in [0.29, 0.717) is 0 Å². The van der Waals surface area contributed by atoms with Crippen molar-refractivity contribution < 1.29 is 19.8 Å². The average Bonchev–Trinajstić information content (AvgIpc) is 2.34. The van der Waals surface area contributed by atoms with Crippen molar-refractivity contribution in [1.82, 2.24) is 4.57 Å². The van der Waals surface area contributed by atoms with Gasteiger partial charge in [0.15, 0.2) is 22.7 Å². The maximum Gasteiger partial charge on any atom is 0.194 e. The van der Waals surface area contributed by atoms with Crippen LogP contribution in [0.4, 0.5) is 0 Å². The van der Waals surface area contributed by atoms with Gasteiger partial charge in [0.05, 0.1) is 13.0 Å². The summed E-state index contributed by atoms with van der Waals surface area (Å²) in [6, 6.07) is 2.51. The summed E-state index contributed by atoms with van der Waals surface area (Å²) in [5, 5.41) is 17.8. The fourth-order valence-corrected chi connectivity index (χ4v) is 1.19. The predicted octanol–water partition coefficient (Wildman–Crippen LogP) is 0.315. The maximum atomic E-state index is 11.1. The van der Waals surface area contributed by atoms with Crippen LogP contribution in [0.3, 0.4) is 0 Å². The third-order valence-electron chi connectivity index (χ3n) is 1.62. The Balaban J connectivity index is 2.69. The third-order valence-corrected chi connectivity index (χ3v) is 1.78. The number of Topliss-reactive ketones (excluding diaryl/α,β-unsaturated/α-hetero) is 1. The highest BCUT2D eigenvalue weighted by Crippen LogP contribution is 2.20. The lowest BCUT2D eigenvalue weighted by molar-refractivity contribution is -0.123. The third kappa shape index (κ3) is 2.53. The Kier molecular flexibility index (Phi) is 3.19. The molecular weight excluding hydrogens is 206 g/mol. The molecule has 1 rings (SSSR count). The van der Waals surface area contributed by atoms with Crippen LogP contribution in [0, 0.1) is 0 Å². The van der Waals surface area contributed by atoms with Gasteiger partial charge in [-0.15, -0.1) is 12.6 Å². The molecule has 1 aromatic rings. The average molecular weight is 215 g/mol. The molecule has 0 aromatic carbocycles. The van der Waals surface area contributed by atoms with E-state index in [0.717, 1.165) is 4.57 Å². The Morgan fingerprint density at radius 1 is 1.29 bits per heavy atom. The fourth-order valence-electron chi connectivity index (χ4n) is 1.01. The summed E-state index contributed by atoms with van der Waals surface area (Å²) < 4.78 is 0.999. The number of ketones is 1. The maximum absolute atomic E-state index is 11.1. The van der Waals surface area contributed by atoms with Crippen molar-refractivity contribution >= 4 is 23.5 Å². The summed E-state index contributed by atoms with van der Waals surface area (Å²) in [6.07, 6.45) is -0.319. The van der Waals surface area contributed by atoms with Crippen molar-refractivity contribution in [3.05, 3.63) is 12.1 Å². The van der Waals surface area contributed by atoms with Crippen LogP contribution in [0.25, 0.3) is 0 Å². The van der Waals surface area contributed by atoms with E-state index in [2.05, 4.69) is 12.6 Å². The van der Waals surface area contributed by atoms with Crippen LogP contribution in [-0.2, 0) is 16.1 Å². The summed E-state index contributed by atoms with van der Waals surface area (Å²) in [5.41, 5.74) is 0. The molecule has 0 bridgehead atoms. The highest BCUT2D eigenvalue weighted by Gasteiger charge is 2.12. The first-order chi connectivity index (χ1) is 6.50. The molecule has 0 radical (unpaired) electrons. The molecule has 1 heterocycles. The van der Waals surface area contributed by atoms with Crippen molar-refractivity contribution in [2.24, 2.45) is 0 Å². The zero-order valence-electron chi connectivity index (χ0n) is 7.17. The van der Waals surface area contributed by atoms with Crippen molar-refractivity contribution in [3.63, 3.8) is 0 Å². The molecule has 0 saturated heterocycles. The minimum absolute atomic E-state index is 0.220. The Morgan fingerprint density at radius 2 is 1.79 bits per heavy atom. The molecule has 0 aliphatic rings. The monoisotopic (exact) mass is 215 g/mol. The lowest BCUT2D eigenvalue weighted by atomic mass is 10.3. The number of aromatic nitrogens is 1. The summed E-state index contributed by atoms with van der Waals surface area (Å²) in [5.74, 6) is -0.864. The van der Waals surface area contributed by atoms with E-state index >= 15 is 0 Å². The van der Waals surface area contributed by atoms with Gasteiger partial charge in [-0.1, -0.05) is 0 Å². The van der Waals surface area contributed by atoms with E-state index in [1.165, 1.54) is 12.1 Å². The first-order valence-electron chi connectivity index (χ1n) is 3.81. The van der Waals surface area contributed by atoms with E-state index < -0.39 is 10.9 Å². The molecule has 76 valence electrons. The molecule has 5 nitrogen and oxygen atoms in total. The van der Waals surface area contributed by atoms with E-state index in [9.17, 15) is 9.59 Å². The standard InChI is InChI=1S/C8H9NO4S/c10-5(3-8(13)14)4-9-6(11)1-2-7(9)12/h1-2,11-12H,3-4H2,(H,13,14). The Labute approximate surface area is 85.4 Å². The fraction of sp³-hybridized carbons (Fsp3) is 0.250. The first-order valence-corrected chi connectivity index (χ1v) is 4.26. The van der Waals surface area contributed by atoms with Gasteiger partial charge in [0, 0.05) is 12.1 Å². The SMILES string of the molecule is O=C(S)CC(=O)Cn1c(O)ccc1O. The number of hydrogen-bond donors (Lipinski definition) is 3. The number of carbonyl (C=O) groups excluding carboxylic acids is 2. The number of thiol groups is 1. The van der Waals surface area contributed by atoms with Crippen LogP contribution in [0.2, 0.25) is 0 Å². The summed E-state index contributed by atoms with van der Waals surface area (Å²) in [6.45, 7) is -0.239. The van der Waals surface area contributed by atoms with Crippen LogP contribution in [0.5, 0.6) is 11.8 Å². The number of aromatic hydroxyl groups is 2. The minimum Gasteiger partial charge on any atom is -0.494 e. The molecule has 0 aliphatic carbocycles. The number of carbonyl (C=O) groups is 2. The number of rotatable bonds is 4. The molecule has 1 aromatic heterocycles. The van der Waals surface area contributed by atoms with E-state index in [1.54, 1.807) is 0 Å². The van der Waals surface area contributed by atoms with Gasteiger partial charge < -0.3 is 10.2 Å². The van der Waals surface area contributed by atoms with Crippen molar-refractivity contribution in [1.29, 1.82) is 0 Å². The lowest BCUT2D eigenvalue weighted by Crippen LogP contribution is -2.11. The van der Waals surface area contributed by atoms with Crippen molar-refractivity contribution in [2.75, 3.05) is 0 Å². The van der Waals surface area contributed by atoms with Crippen LogP contribution in [0.15, 0.2) is 12.1 Å². The van der Waals surface area contributed by atoms with Gasteiger partial charge in [-0.05, 0) is 0 Å². The van der Waals surface area contributed by atoms with Crippen LogP contribution in [0.1, 0.15) is 6.42 Å². The largest absolute Gasteiger partial charge is 0.494 e. The van der Waals surface area contributed by atoms with Crippen LogP contribution in [-0.4, -0.2) is 25.7 Å². The van der Waals surface area contributed by atoms with Crippen LogP contribution < -0.4 is 0 Å². The molecule has 0 aliphatic heterocycles. The number of nitrogens with zero attached hydrogens (tertiary/aromatic N) is 1. The highest BCUT2D eigenvalue weighted by atomic mass is 32.1. The minimum atomic E-state index is -0.541. The van der Waals surface area contributed by atoms with Gasteiger partial charge in [-0.2, -0.15) is 0 Å². The second kappa shape index (κ2) is 4.19. The Morgan fingerprint density at radius 3 is 2.21 bits per heavy atom. The molecule has 0 spiro atoms. The Bertz CT molecular complexity index is 352. The molecule has 2 N–H and O–H groups in total. The normalized spacial score (nSPS) is 10.1. The molecule has 0 atom stereocenters. The molecule has 6 heteroatoms. The lowest BCUT2D eigenvalue weighted by Gasteiger charge is -2.04. The summed E-state index contributed by atoms with van der Waals surface area (Å²) >= 11 is 3.45. The van der Waals surface area contributed by atoms with Gasteiger partial charge >= 0.3 is 0 Å². The Hall–Kier alpha value is -1.43. The molecule has 14 heavy (non-hydrogen) atoms. The van der Waals surface area contributed by atoms with Gasteiger partial charge in [-0.25, -0.2) is 0 Å². The smallest absolute Gasteiger partial charge is 0.194 e. The van der Waals surface area contributed by atoms with E-state index in [4.69, 9.17) is 10.2 Å². The van der Waals surface area contributed by atoms with Gasteiger partial charge in [0.1, 0.15) is 0 Å². The number of hydrogen-bond acceptors (Lipinski definition) is 4. The zero-order valence-corrected chi connectivity index (χ0v) is 8.07. The van der Waals surface area contributed by atoms with Crippen LogP contribution >= 0.6 is 12.6 Å². The second-order valence-electron chi connectivity index (χ2n) is 2.75. The second-order valence-corrected chi connectivity index (χ2v) is 3.24. The predicted molar refractivity (Wildman–Crippen MR) is 51.4 cm³/mol. The zero-order chi connectivity index (χ0) is 10.7.